The molecular formula is C22H28ClN3O2. The molecule has 2 saturated heterocycles. The number of benzene rings is 1. The fourth-order valence-corrected chi connectivity index (χ4v) is 4.72. The Morgan fingerprint density at radius 1 is 1.18 bits per heavy atom. The van der Waals surface area contributed by atoms with Crippen molar-refractivity contribution in [1.82, 2.24) is 14.8 Å². The molecule has 2 aromatic rings. The van der Waals surface area contributed by atoms with E-state index in [-0.39, 0.29) is 23.3 Å². The lowest BCUT2D eigenvalue weighted by Gasteiger charge is -2.34. The number of hydrogen-bond donors (Lipinski definition) is 1. The number of aromatic amines is 1. The maximum atomic E-state index is 13.0. The van der Waals surface area contributed by atoms with Crippen molar-refractivity contribution in [3.63, 3.8) is 0 Å². The Bertz CT molecular complexity index is 906. The zero-order valence-corrected chi connectivity index (χ0v) is 17.6. The van der Waals surface area contributed by atoms with Crippen molar-refractivity contribution in [1.29, 1.82) is 0 Å². The third kappa shape index (κ3) is 3.64. The number of amides is 2. The van der Waals surface area contributed by atoms with Crippen LogP contribution in [0, 0.1) is 5.92 Å². The maximum Gasteiger partial charge on any atom is 0.227 e. The number of fused-ring (bicyclic) bond motifs is 1. The second-order valence-electron chi connectivity index (χ2n) is 9.13. The number of likely N-dealkylation sites (tertiary alicyclic amines) is 2. The van der Waals surface area contributed by atoms with Crippen LogP contribution in [0.2, 0.25) is 5.02 Å². The minimum absolute atomic E-state index is 0.0949. The SMILES string of the molecule is CC(C)(C)N1CC(C(=O)N2CCC(c3cc4cc(Cl)ccc4[nH]3)CC2)CC1=O. The zero-order chi connectivity index (χ0) is 20.1. The third-order valence-corrected chi connectivity index (χ3v) is 6.37. The number of nitrogens with one attached hydrogen (secondary N) is 1. The normalized spacial score (nSPS) is 21.7. The highest BCUT2D eigenvalue weighted by Gasteiger charge is 2.41. The van der Waals surface area contributed by atoms with Gasteiger partial charge in [0, 0.05) is 59.1 Å². The Hall–Kier alpha value is -2.01. The summed E-state index contributed by atoms with van der Waals surface area (Å²) in [4.78, 5) is 32.6. The molecule has 1 unspecified atom stereocenters. The van der Waals surface area contributed by atoms with Crippen LogP contribution in [0.25, 0.3) is 10.9 Å². The van der Waals surface area contributed by atoms with Crippen molar-refractivity contribution in [2.75, 3.05) is 19.6 Å². The first-order valence-electron chi connectivity index (χ1n) is 10.1. The summed E-state index contributed by atoms with van der Waals surface area (Å²) in [5, 5.41) is 1.88. The smallest absolute Gasteiger partial charge is 0.227 e. The average molecular weight is 402 g/mol. The van der Waals surface area contributed by atoms with E-state index in [1.165, 1.54) is 5.69 Å². The largest absolute Gasteiger partial charge is 0.358 e. The number of piperidine rings is 1. The van der Waals surface area contributed by atoms with Gasteiger partial charge in [-0.05, 0) is 57.9 Å². The molecule has 28 heavy (non-hydrogen) atoms. The molecule has 1 aromatic carbocycles. The second kappa shape index (κ2) is 7.11. The summed E-state index contributed by atoms with van der Waals surface area (Å²) in [6.45, 7) is 8.12. The van der Waals surface area contributed by atoms with Gasteiger partial charge in [-0.1, -0.05) is 11.6 Å². The van der Waals surface area contributed by atoms with E-state index in [0.717, 1.165) is 41.9 Å². The molecule has 0 saturated carbocycles. The number of rotatable bonds is 2. The molecule has 0 bridgehead atoms. The summed E-state index contributed by atoms with van der Waals surface area (Å²) in [5.41, 5.74) is 2.10. The van der Waals surface area contributed by atoms with Crippen molar-refractivity contribution >= 4 is 34.3 Å². The number of H-pyrrole nitrogens is 1. The van der Waals surface area contributed by atoms with E-state index >= 15 is 0 Å². The predicted molar refractivity (Wildman–Crippen MR) is 111 cm³/mol. The molecule has 0 radical (unpaired) electrons. The van der Waals surface area contributed by atoms with Crippen LogP contribution in [0.1, 0.15) is 51.6 Å². The van der Waals surface area contributed by atoms with Gasteiger partial charge in [-0.3, -0.25) is 9.59 Å². The van der Waals surface area contributed by atoms with Gasteiger partial charge in [0.1, 0.15) is 0 Å². The van der Waals surface area contributed by atoms with Crippen LogP contribution in [-0.4, -0.2) is 51.8 Å². The minimum atomic E-state index is -0.225. The fourth-order valence-electron chi connectivity index (χ4n) is 4.54. The lowest BCUT2D eigenvalue weighted by molar-refractivity contribution is -0.136. The van der Waals surface area contributed by atoms with E-state index in [9.17, 15) is 9.59 Å². The Balaban J connectivity index is 1.38. The predicted octanol–water partition coefficient (Wildman–Crippen LogP) is 4.17. The molecule has 1 N–H and O–H groups in total. The van der Waals surface area contributed by atoms with Crippen molar-refractivity contribution < 1.29 is 9.59 Å². The monoisotopic (exact) mass is 401 g/mol. The molecule has 2 fully saturated rings. The standard InChI is InChI=1S/C22H28ClN3O2/c1-22(2,3)26-13-16(12-20(26)27)21(28)25-8-6-14(7-9-25)19-11-15-10-17(23)4-5-18(15)24-19/h4-5,10-11,14,16,24H,6-9,12-13H2,1-3H3. The Morgan fingerprint density at radius 3 is 2.54 bits per heavy atom. The van der Waals surface area contributed by atoms with Gasteiger partial charge in [-0.15, -0.1) is 0 Å². The maximum absolute atomic E-state index is 13.0. The van der Waals surface area contributed by atoms with Crippen molar-refractivity contribution in [2.45, 2.75) is 51.5 Å². The summed E-state index contributed by atoms with van der Waals surface area (Å²) in [6, 6.07) is 8.07. The summed E-state index contributed by atoms with van der Waals surface area (Å²) in [6.07, 6.45) is 2.23. The van der Waals surface area contributed by atoms with Gasteiger partial charge >= 0.3 is 0 Å². The van der Waals surface area contributed by atoms with Crippen molar-refractivity contribution in [2.24, 2.45) is 5.92 Å². The van der Waals surface area contributed by atoms with Gasteiger partial charge in [-0.25, -0.2) is 0 Å². The molecule has 3 heterocycles. The van der Waals surface area contributed by atoms with Crippen LogP contribution in [0.3, 0.4) is 0 Å². The lowest BCUT2D eigenvalue weighted by atomic mass is 9.92. The van der Waals surface area contributed by atoms with Crippen LogP contribution in [0.5, 0.6) is 0 Å². The van der Waals surface area contributed by atoms with Crippen molar-refractivity contribution in [3.8, 4) is 0 Å². The quantitative estimate of drug-likeness (QED) is 0.820. The molecular weight excluding hydrogens is 374 g/mol. The molecule has 0 spiro atoms. The molecule has 2 amide bonds. The van der Waals surface area contributed by atoms with Gasteiger partial charge < -0.3 is 14.8 Å². The first-order chi connectivity index (χ1) is 13.2. The van der Waals surface area contributed by atoms with Gasteiger partial charge in [0.05, 0.1) is 5.92 Å². The highest BCUT2D eigenvalue weighted by molar-refractivity contribution is 6.31. The van der Waals surface area contributed by atoms with Crippen LogP contribution >= 0.6 is 11.6 Å². The summed E-state index contributed by atoms with van der Waals surface area (Å²) < 4.78 is 0. The topological polar surface area (TPSA) is 56.4 Å². The molecule has 5 nitrogen and oxygen atoms in total. The highest BCUT2D eigenvalue weighted by atomic mass is 35.5. The zero-order valence-electron chi connectivity index (χ0n) is 16.8. The second-order valence-corrected chi connectivity index (χ2v) is 9.57. The summed E-state index contributed by atoms with van der Waals surface area (Å²) >= 11 is 6.09. The molecule has 2 aliphatic rings. The highest BCUT2D eigenvalue weighted by Crippen LogP contribution is 2.33. The Kier molecular flexibility index (Phi) is 4.90. The minimum Gasteiger partial charge on any atom is -0.358 e. The number of carbonyl (C=O) groups excluding carboxylic acids is 2. The average Bonchev–Trinajstić information content (AvgIpc) is 3.24. The molecule has 1 atom stereocenters. The lowest BCUT2D eigenvalue weighted by Crippen LogP contribution is -2.45. The van der Waals surface area contributed by atoms with Gasteiger partial charge in [-0.2, -0.15) is 0 Å². The number of nitrogens with zero attached hydrogens (tertiary/aromatic N) is 2. The molecule has 4 rings (SSSR count). The van der Waals surface area contributed by atoms with Crippen LogP contribution in [0.15, 0.2) is 24.3 Å². The van der Waals surface area contributed by atoms with E-state index in [1.54, 1.807) is 0 Å². The molecule has 0 aliphatic carbocycles. The number of halogens is 1. The first-order valence-corrected chi connectivity index (χ1v) is 10.5. The van der Waals surface area contributed by atoms with E-state index in [2.05, 4.69) is 11.1 Å². The number of aromatic nitrogens is 1. The van der Waals surface area contributed by atoms with Crippen LogP contribution in [0.4, 0.5) is 0 Å². The molecule has 1 aromatic heterocycles. The number of hydrogen-bond acceptors (Lipinski definition) is 2. The molecule has 150 valence electrons. The van der Waals surface area contributed by atoms with Gasteiger partial charge in [0.15, 0.2) is 0 Å². The Morgan fingerprint density at radius 2 is 1.89 bits per heavy atom. The van der Waals surface area contributed by atoms with E-state index in [0.29, 0.717) is 18.9 Å². The van der Waals surface area contributed by atoms with E-state index < -0.39 is 0 Å². The summed E-state index contributed by atoms with van der Waals surface area (Å²) in [7, 11) is 0. The van der Waals surface area contributed by atoms with E-state index in [1.807, 2.05) is 48.8 Å². The number of carbonyl (C=O) groups is 2. The van der Waals surface area contributed by atoms with E-state index in [4.69, 9.17) is 11.6 Å². The Labute approximate surface area is 171 Å². The summed E-state index contributed by atoms with van der Waals surface area (Å²) in [5.74, 6) is 0.462. The van der Waals surface area contributed by atoms with Crippen LogP contribution in [-0.2, 0) is 9.59 Å². The third-order valence-electron chi connectivity index (χ3n) is 6.13. The molecule has 2 aliphatic heterocycles. The van der Waals surface area contributed by atoms with Crippen LogP contribution < -0.4 is 0 Å². The van der Waals surface area contributed by atoms with Crippen molar-refractivity contribution in [3.05, 3.63) is 35.0 Å². The first kappa shape index (κ1) is 19.3. The molecule has 6 heteroatoms. The van der Waals surface area contributed by atoms with Gasteiger partial charge in [0.2, 0.25) is 11.8 Å². The fraction of sp³-hybridized carbons (Fsp3) is 0.545. The van der Waals surface area contributed by atoms with Gasteiger partial charge in [0.25, 0.3) is 0 Å².